The maximum atomic E-state index is 13.5. The zero-order chi connectivity index (χ0) is 13.7. The highest BCUT2D eigenvalue weighted by Crippen LogP contribution is 2.21. The third kappa shape index (κ3) is 3.52. The van der Waals surface area contributed by atoms with Crippen LogP contribution in [0.2, 0.25) is 0 Å². The Bertz CT molecular complexity index is 485. The van der Waals surface area contributed by atoms with E-state index in [4.69, 9.17) is 5.26 Å². The fourth-order valence-corrected chi connectivity index (χ4v) is 1.40. The molecule has 0 aromatic heterocycles. The molecule has 18 heavy (non-hydrogen) atoms. The Labute approximate surface area is 103 Å². The molecule has 0 spiro atoms. The number of nitrogens with zero attached hydrogens (tertiary/aromatic N) is 1. The van der Waals surface area contributed by atoms with E-state index >= 15 is 0 Å². The Hall–Kier alpha value is -1.97. The third-order valence-electron chi connectivity index (χ3n) is 2.37. The van der Waals surface area contributed by atoms with E-state index in [0.29, 0.717) is 0 Å². The molecule has 5 nitrogen and oxygen atoms in total. The van der Waals surface area contributed by atoms with Crippen LogP contribution >= 0.6 is 0 Å². The van der Waals surface area contributed by atoms with Crippen molar-refractivity contribution in [2.45, 2.75) is 19.1 Å². The van der Waals surface area contributed by atoms with Gasteiger partial charge in [-0.15, -0.1) is 0 Å². The van der Waals surface area contributed by atoms with Gasteiger partial charge in [-0.3, -0.25) is 4.79 Å². The maximum absolute atomic E-state index is 13.5. The van der Waals surface area contributed by atoms with Crippen molar-refractivity contribution in [1.29, 1.82) is 5.26 Å². The zero-order valence-electron chi connectivity index (χ0n) is 9.72. The average Bonchev–Trinajstić information content (AvgIpc) is 2.34. The molecule has 0 aliphatic heterocycles. The number of nitriles is 1. The van der Waals surface area contributed by atoms with Gasteiger partial charge in [0, 0.05) is 19.0 Å². The number of amides is 1. The summed E-state index contributed by atoms with van der Waals surface area (Å²) in [5, 5.41) is 30.2. The number of aliphatic hydroxyl groups excluding tert-OH is 2. The van der Waals surface area contributed by atoms with E-state index in [1.54, 1.807) is 6.07 Å². The predicted octanol–water partition coefficient (Wildman–Crippen LogP) is 0.228. The Morgan fingerprint density at radius 3 is 2.72 bits per heavy atom. The SMILES string of the molecule is CC(=O)NCC(O)C(O)c1ccc(C#N)cc1F. The summed E-state index contributed by atoms with van der Waals surface area (Å²) in [6.07, 6.45) is -2.79. The van der Waals surface area contributed by atoms with Gasteiger partial charge in [-0.1, -0.05) is 6.07 Å². The van der Waals surface area contributed by atoms with Gasteiger partial charge in [-0.2, -0.15) is 5.26 Å². The minimum absolute atomic E-state index is 0.119. The van der Waals surface area contributed by atoms with E-state index in [1.807, 2.05) is 0 Å². The molecule has 1 aromatic rings. The number of benzene rings is 1. The average molecular weight is 252 g/mol. The lowest BCUT2D eigenvalue weighted by atomic mass is 10.0. The Kier molecular flexibility index (Phi) is 4.77. The van der Waals surface area contributed by atoms with Crippen molar-refractivity contribution in [3.8, 4) is 6.07 Å². The Morgan fingerprint density at radius 2 is 2.22 bits per heavy atom. The first-order valence-electron chi connectivity index (χ1n) is 5.25. The van der Waals surface area contributed by atoms with Gasteiger partial charge in [0.25, 0.3) is 0 Å². The summed E-state index contributed by atoms with van der Waals surface area (Å²) in [6.45, 7) is 1.08. The zero-order valence-corrected chi connectivity index (χ0v) is 9.72. The molecule has 3 N–H and O–H groups in total. The molecule has 1 rings (SSSR count). The second-order valence-corrected chi connectivity index (χ2v) is 3.80. The minimum atomic E-state index is -1.47. The summed E-state index contributed by atoms with van der Waals surface area (Å²) >= 11 is 0. The molecule has 0 aliphatic rings. The van der Waals surface area contributed by atoms with E-state index in [-0.39, 0.29) is 23.6 Å². The van der Waals surface area contributed by atoms with Crippen LogP contribution in [0.1, 0.15) is 24.2 Å². The van der Waals surface area contributed by atoms with Gasteiger partial charge in [0.05, 0.1) is 11.6 Å². The number of hydrogen-bond acceptors (Lipinski definition) is 4. The molecule has 0 heterocycles. The first-order valence-corrected chi connectivity index (χ1v) is 5.25. The highest BCUT2D eigenvalue weighted by Gasteiger charge is 2.21. The molecule has 0 bridgehead atoms. The summed E-state index contributed by atoms with van der Waals surface area (Å²) < 4.78 is 13.5. The molecule has 6 heteroatoms. The topological polar surface area (TPSA) is 93.3 Å². The van der Waals surface area contributed by atoms with E-state index in [9.17, 15) is 19.4 Å². The lowest BCUT2D eigenvalue weighted by molar-refractivity contribution is -0.119. The highest BCUT2D eigenvalue weighted by atomic mass is 19.1. The minimum Gasteiger partial charge on any atom is -0.388 e. The van der Waals surface area contributed by atoms with Crippen LogP contribution in [0.4, 0.5) is 4.39 Å². The second-order valence-electron chi connectivity index (χ2n) is 3.80. The van der Waals surface area contributed by atoms with E-state index in [2.05, 4.69) is 5.32 Å². The van der Waals surface area contributed by atoms with Crippen molar-refractivity contribution in [3.05, 3.63) is 35.1 Å². The molecule has 0 aliphatic carbocycles. The molecule has 2 atom stereocenters. The standard InChI is InChI=1S/C12H13FN2O3/c1-7(16)15-6-11(17)12(18)9-3-2-8(5-14)4-10(9)13/h2-4,11-12,17-18H,6H2,1H3,(H,15,16). The van der Waals surface area contributed by atoms with Crippen LogP contribution in [-0.4, -0.2) is 28.8 Å². The first-order chi connectivity index (χ1) is 8.45. The molecular weight excluding hydrogens is 239 g/mol. The van der Waals surface area contributed by atoms with E-state index < -0.39 is 18.0 Å². The van der Waals surface area contributed by atoms with Crippen LogP contribution in [0.5, 0.6) is 0 Å². The molecule has 0 fully saturated rings. The van der Waals surface area contributed by atoms with E-state index in [1.165, 1.54) is 19.1 Å². The lowest BCUT2D eigenvalue weighted by Crippen LogP contribution is -2.34. The number of carbonyl (C=O) groups is 1. The van der Waals surface area contributed by atoms with Gasteiger partial charge in [0.15, 0.2) is 0 Å². The smallest absolute Gasteiger partial charge is 0.216 e. The van der Waals surface area contributed by atoms with Crippen molar-refractivity contribution in [2.75, 3.05) is 6.54 Å². The normalized spacial score (nSPS) is 13.5. The highest BCUT2D eigenvalue weighted by molar-refractivity contribution is 5.72. The molecule has 0 saturated heterocycles. The Morgan fingerprint density at radius 1 is 1.56 bits per heavy atom. The number of hydrogen-bond donors (Lipinski definition) is 3. The van der Waals surface area contributed by atoms with Crippen LogP contribution in [0.3, 0.4) is 0 Å². The van der Waals surface area contributed by atoms with Crippen LogP contribution in [-0.2, 0) is 4.79 Å². The van der Waals surface area contributed by atoms with E-state index in [0.717, 1.165) is 6.07 Å². The summed E-state index contributed by atoms with van der Waals surface area (Å²) in [5.74, 6) is -1.13. The van der Waals surface area contributed by atoms with Crippen molar-refractivity contribution < 1.29 is 19.4 Å². The van der Waals surface area contributed by atoms with Crippen LogP contribution in [0.25, 0.3) is 0 Å². The van der Waals surface area contributed by atoms with Gasteiger partial charge in [-0.25, -0.2) is 4.39 Å². The van der Waals surface area contributed by atoms with Crippen LogP contribution < -0.4 is 5.32 Å². The Balaban J connectivity index is 2.80. The van der Waals surface area contributed by atoms with Crippen LogP contribution in [0, 0.1) is 17.1 Å². The van der Waals surface area contributed by atoms with Gasteiger partial charge in [0.2, 0.25) is 5.91 Å². The fraction of sp³-hybridized carbons (Fsp3) is 0.333. The summed E-state index contributed by atoms with van der Waals surface area (Å²) in [5.41, 5.74) is 0.00616. The van der Waals surface area contributed by atoms with Gasteiger partial charge >= 0.3 is 0 Å². The monoisotopic (exact) mass is 252 g/mol. The second kappa shape index (κ2) is 6.10. The summed E-state index contributed by atoms with van der Waals surface area (Å²) in [6, 6.07) is 5.31. The summed E-state index contributed by atoms with van der Waals surface area (Å²) in [4.78, 5) is 10.6. The fourth-order valence-electron chi connectivity index (χ4n) is 1.40. The molecular formula is C12H13FN2O3. The number of nitrogens with one attached hydrogen (secondary N) is 1. The molecule has 0 radical (unpaired) electrons. The first kappa shape index (κ1) is 14.1. The van der Waals surface area contributed by atoms with Crippen molar-refractivity contribution in [3.63, 3.8) is 0 Å². The molecule has 1 aromatic carbocycles. The van der Waals surface area contributed by atoms with Crippen molar-refractivity contribution in [2.24, 2.45) is 0 Å². The predicted molar refractivity (Wildman–Crippen MR) is 60.8 cm³/mol. The largest absolute Gasteiger partial charge is 0.388 e. The summed E-state index contributed by atoms with van der Waals surface area (Å²) in [7, 11) is 0. The lowest BCUT2D eigenvalue weighted by Gasteiger charge is -2.18. The molecule has 0 saturated carbocycles. The van der Waals surface area contributed by atoms with Gasteiger partial charge in [0.1, 0.15) is 18.0 Å². The number of aliphatic hydroxyl groups is 2. The number of carbonyl (C=O) groups excluding carboxylic acids is 1. The van der Waals surface area contributed by atoms with Gasteiger partial charge in [-0.05, 0) is 12.1 Å². The van der Waals surface area contributed by atoms with Crippen molar-refractivity contribution in [1.82, 2.24) is 5.32 Å². The molecule has 96 valence electrons. The number of rotatable bonds is 4. The van der Waals surface area contributed by atoms with Crippen molar-refractivity contribution >= 4 is 5.91 Å². The van der Waals surface area contributed by atoms with Crippen LogP contribution in [0.15, 0.2) is 18.2 Å². The molecule has 2 unspecified atom stereocenters. The quantitative estimate of drug-likeness (QED) is 0.715. The van der Waals surface area contributed by atoms with Gasteiger partial charge < -0.3 is 15.5 Å². The maximum Gasteiger partial charge on any atom is 0.216 e. The number of halogens is 1. The third-order valence-corrected chi connectivity index (χ3v) is 2.37. The molecule has 1 amide bonds.